The molecule has 0 aliphatic heterocycles. The fourth-order valence-electron chi connectivity index (χ4n) is 4.32. The smallest absolute Gasteiger partial charge is 0.394 e. The Kier molecular flexibility index (Phi) is 9.03. The van der Waals surface area contributed by atoms with Crippen molar-refractivity contribution < 1.29 is 31.5 Å². The highest BCUT2D eigenvalue weighted by Crippen LogP contribution is 2.65. The van der Waals surface area contributed by atoms with Gasteiger partial charge in [0.15, 0.2) is 0 Å². The van der Waals surface area contributed by atoms with Crippen molar-refractivity contribution in [2.75, 3.05) is 0 Å². The summed E-state index contributed by atoms with van der Waals surface area (Å²) in [5.41, 5.74) is 6.73. The number of benzene rings is 4. The van der Waals surface area contributed by atoms with Crippen LogP contribution in [0.15, 0.2) is 72.8 Å². The molecule has 0 saturated carbocycles. The van der Waals surface area contributed by atoms with E-state index >= 15 is 0 Å². The Balaban J connectivity index is 1.81. The Morgan fingerprint density at radius 1 is 0.390 bits per heavy atom. The summed E-state index contributed by atoms with van der Waals surface area (Å²) in [6.07, 6.45) is 0. The lowest BCUT2D eigenvalue weighted by Crippen LogP contribution is -2.11. The molecule has 0 radical (unpaired) electrons. The first-order valence-corrected chi connectivity index (χ1v) is 16.2. The monoisotopic (exact) mass is 594 g/mol. The quantitative estimate of drug-likeness (QED) is 0.169. The normalized spacial score (nSPS) is 11.7. The van der Waals surface area contributed by atoms with E-state index in [1.807, 2.05) is 104 Å². The third-order valence-electron chi connectivity index (χ3n) is 6.36. The van der Waals surface area contributed by atoms with Crippen LogP contribution in [-0.2, 0) is 13.4 Å². The summed E-state index contributed by atoms with van der Waals surface area (Å²) >= 11 is 0. The maximum absolute atomic E-state index is 14.5. The minimum absolute atomic E-state index is 0.244. The van der Waals surface area contributed by atoms with Gasteiger partial charge in [-0.2, -0.15) is 0 Å². The molecule has 4 rings (SSSR count). The molecule has 7 nitrogen and oxygen atoms in total. The second-order valence-corrected chi connectivity index (χ2v) is 13.6. The van der Waals surface area contributed by atoms with Crippen LogP contribution in [0.3, 0.4) is 0 Å². The highest BCUT2D eigenvalue weighted by molar-refractivity contribution is 7.63. The zero-order valence-corrected chi connectivity index (χ0v) is 26.5. The summed E-state index contributed by atoms with van der Waals surface area (Å²) in [6, 6.07) is 21.3. The Morgan fingerprint density at radius 2 is 0.610 bits per heavy atom. The lowest BCUT2D eigenvalue weighted by atomic mass is 10.1. The van der Waals surface area contributed by atoms with Crippen molar-refractivity contribution in [1.29, 1.82) is 0 Å². The molecule has 9 heteroatoms. The van der Waals surface area contributed by atoms with E-state index in [4.69, 9.17) is 22.4 Å². The first-order valence-electron chi connectivity index (χ1n) is 13.2. The Labute approximate surface area is 242 Å². The Hall–Kier alpha value is -3.50. The molecule has 4 aromatic rings. The first kappa shape index (κ1) is 30.5. The van der Waals surface area contributed by atoms with Gasteiger partial charge >= 0.3 is 15.6 Å². The van der Waals surface area contributed by atoms with Gasteiger partial charge in [-0.3, -0.25) is 0 Å². The average Bonchev–Trinajstić information content (AvgIpc) is 2.86. The molecule has 0 aliphatic rings. The van der Waals surface area contributed by atoms with Gasteiger partial charge in [-0.05, 0) is 102 Å². The molecule has 0 amide bonds. The summed E-state index contributed by atoms with van der Waals surface area (Å²) < 4.78 is 58.5. The van der Waals surface area contributed by atoms with Crippen LogP contribution in [0.2, 0.25) is 0 Å². The van der Waals surface area contributed by atoms with Gasteiger partial charge < -0.3 is 18.1 Å². The molecule has 41 heavy (non-hydrogen) atoms. The summed E-state index contributed by atoms with van der Waals surface area (Å²) in [5, 5.41) is 0. The molecule has 0 saturated heterocycles. The second-order valence-electron chi connectivity index (χ2n) is 10.4. The maximum atomic E-state index is 14.5. The predicted molar refractivity (Wildman–Crippen MR) is 162 cm³/mol. The van der Waals surface area contributed by atoms with Gasteiger partial charge in [0, 0.05) is 0 Å². The molecule has 4 aromatic carbocycles. The lowest BCUT2D eigenvalue weighted by Gasteiger charge is -2.25. The molecule has 0 aromatic heterocycles. The first-order chi connectivity index (χ1) is 19.2. The molecular formula is C32H36O7P2. The predicted octanol–water partition coefficient (Wildman–Crippen LogP) is 10.0. The zero-order chi connectivity index (χ0) is 29.9. The van der Waals surface area contributed by atoms with E-state index in [1.54, 1.807) is 24.3 Å². The lowest BCUT2D eigenvalue weighted by molar-refractivity contribution is 0.241. The minimum Gasteiger partial charge on any atom is -0.394 e. The van der Waals surface area contributed by atoms with Crippen molar-refractivity contribution in [3.8, 4) is 23.0 Å². The van der Waals surface area contributed by atoms with E-state index in [1.165, 1.54) is 0 Å². The summed E-state index contributed by atoms with van der Waals surface area (Å²) in [4.78, 5) is 0. The molecule has 0 fully saturated rings. The summed E-state index contributed by atoms with van der Waals surface area (Å²) in [7, 11) is -9.41. The molecule has 0 spiro atoms. The minimum atomic E-state index is -4.71. The van der Waals surface area contributed by atoms with E-state index < -0.39 is 15.6 Å². The van der Waals surface area contributed by atoms with Gasteiger partial charge in [-0.25, -0.2) is 9.13 Å². The van der Waals surface area contributed by atoms with E-state index in [0.717, 1.165) is 22.3 Å². The highest BCUT2D eigenvalue weighted by atomic mass is 31.3. The molecular weight excluding hydrogens is 558 g/mol. The maximum Gasteiger partial charge on any atom is 0.598 e. The van der Waals surface area contributed by atoms with Crippen molar-refractivity contribution >= 4 is 15.6 Å². The van der Waals surface area contributed by atoms with E-state index in [-0.39, 0.29) is 23.0 Å². The topological polar surface area (TPSA) is 80.3 Å². The van der Waals surface area contributed by atoms with Crippen molar-refractivity contribution in [2.45, 2.75) is 55.4 Å². The van der Waals surface area contributed by atoms with Crippen LogP contribution in [-0.4, -0.2) is 0 Å². The Bertz CT molecular complexity index is 1440. The highest BCUT2D eigenvalue weighted by Gasteiger charge is 2.47. The number of phosphoric ester groups is 2. The molecule has 0 bridgehead atoms. The van der Waals surface area contributed by atoms with Crippen molar-refractivity contribution in [1.82, 2.24) is 0 Å². The SMILES string of the molecule is Cc1ccc(OP(=O)(Oc2ccc(C)cc2C)OP(=O)(Oc2ccc(C)cc2C)Oc2ccc(C)cc2C)c(C)c1. The fourth-order valence-corrected chi connectivity index (χ4v) is 7.69. The average molecular weight is 595 g/mol. The molecule has 0 heterocycles. The number of rotatable bonds is 10. The summed E-state index contributed by atoms with van der Waals surface area (Å²) in [5.74, 6) is 0.975. The van der Waals surface area contributed by atoms with Crippen molar-refractivity contribution in [3.05, 3.63) is 117 Å². The standard InChI is InChI=1S/C32H36O7P2/c1-21-9-13-29(25(5)17-21)35-40(33,36-30-14-10-22(2)18-26(30)6)39-41(34,37-31-15-11-23(3)19-27(31)7)38-32-16-12-24(4)20-28(32)8/h9-20H,1-8H3. The van der Waals surface area contributed by atoms with Crippen LogP contribution in [0.25, 0.3) is 0 Å². The van der Waals surface area contributed by atoms with Crippen molar-refractivity contribution in [2.24, 2.45) is 0 Å². The number of hydrogen-bond acceptors (Lipinski definition) is 7. The molecule has 0 unspecified atom stereocenters. The van der Waals surface area contributed by atoms with Crippen LogP contribution in [0.1, 0.15) is 44.5 Å². The van der Waals surface area contributed by atoms with Crippen LogP contribution < -0.4 is 18.1 Å². The Morgan fingerprint density at radius 3 is 0.805 bits per heavy atom. The number of phosphoric acid groups is 2. The van der Waals surface area contributed by atoms with Crippen LogP contribution in [0.5, 0.6) is 23.0 Å². The van der Waals surface area contributed by atoms with Crippen molar-refractivity contribution in [3.63, 3.8) is 0 Å². The summed E-state index contributed by atoms with van der Waals surface area (Å²) in [6.45, 7) is 15.0. The largest absolute Gasteiger partial charge is 0.598 e. The number of hydrogen-bond donors (Lipinski definition) is 0. The van der Waals surface area contributed by atoms with Crippen LogP contribution >= 0.6 is 15.6 Å². The van der Waals surface area contributed by atoms with Crippen LogP contribution in [0.4, 0.5) is 0 Å². The second kappa shape index (κ2) is 12.2. The fraction of sp³-hybridized carbons (Fsp3) is 0.250. The van der Waals surface area contributed by atoms with Gasteiger partial charge in [0.2, 0.25) is 0 Å². The third kappa shape index (κ3) is 7.83. The van der Waals surface area contributed by atoms with Gasteiger partial charge in [0.1, 0.15) is 23.0 Å². The van der Waals surface area contributed by atoms with Gasteiger partial charge in [0.05, 0.1) is 0 Å². The number of aryl methyl sites for hydroxylation is 8. The van der Waals surface area contributed by atoms with Gasteiger partial charge in [0.25, 0.3) is 0 Å². The van der Waals surface area contributed by atoms with Gasteiger partial charge in [-0.15, -0.1) is 4.31 Å². The van der Waals surface area contributed by atoms with E-state index in [0.29, 0.717) is 22.3 Å². The molecule has 0 atom stereocenters. The molecule has 0 N–H and O–H groups in total. The third-order valence-corrected chi connectivity index (χ3v) is 9.64. The molecule has 216 valence electrons. The van der Waals surface area contributed by atoms with E-state index in [9.17, 15) is 9.13 Å². The van der Waals surface area contributed by atoms with Gasteiger partial charge in [-0.1, -0.05) is 70.8 Å². The van der Waals surface area contributed by atoms with Crippen LogP contribution in [0, 0.1) is 55.4 Å². The van der Waals surface area contributed by atoms with E-state index in [2.05, 4.69) is 0 Å². The zero-order valence-electron chi connectivity index (χ0n) is 24.7. The molecule has 0 aliphatic carbocycles.